The van der Waals surface area contributed by atoms with E-state index in [-0.39, 0.29) is 86.9 Å². The second-order valence-electron chi connectivity index (χ2n) is 15.7. The molecule has 0 unspecified atom stereocenters. The molecule has 12 aromatic carbocycles. The maximum Gasteiger partial charge on any atom is 0.0630 e. The molecule has 0 heteroatoms. The zero-order chi connectivity index (χ0) is 54.6. The normalized spacial score (nSPS) is 17.7. The minimum Gasteiger partial charge on any atom is -0.0622 e. The Morgan fingerprint density at radius 1 is 0.322 bits per heavy atom. The molecule has 1 aliphatic carbocycles. The van der Waals surface area contributed by atoms with Gasteiger partial charge in [0, 0.05) is 5.41 Å². The van der Waals surface area contributed by atoms with Crippen molar-refractivity contribution in [1.82, 2.24) is 0 Å². The van der Waals surface area contributed by atoms with Gasteiger partial charge in [-0.15, -0.1) is 0 Å². The summed E-state index contributed by atoms with van der Waals surface area (Å²) in [5, 5.41) is -1.70. The molecular formula is C59H38. The summed E-state index contributed by atoms with van der Waals surface area (Å²) in [5.74, 6) is 0. The monoisotopic (exact) mass is 764 g/mol. The molecule has 0 amide bonds. The van der Waals surface area contributed by atoms with Crippen LogP contribution in [0.25, 0.3) is 120 Å². The summed E-state index contributed by atoms with van der Waals surface area (Å²) in [5.41, 5.74) is 5.70. The van der Waals surface area contributed by atoms with Gasteiger partial charge < -0.3 is 0 Å². The highest BCUT2D eigenvalue weighted by molar-refractivity contribution is 6.27. The lowest BCUT2D eigenvalue weighted by Crippen LogP contribution is -2.14. The van der Waals surface area contributed by atoms with Crippen molar-refractivity contribution in [2.75, 3.05) is 0 Å². The van der Waals surface area contributed by atoms with Gasteiger partial charge in [-0.25, -0.2) is 0 Å². The van der Waals surface area contributed by atoms with Crippen molar-refractivity contribution in [1.29, 1.82) is 0 Å². The van der Waals surface area contributed by atoms with Crippen molar-refractivity contribution < 1.29 is 24.7 Å². The zero-order valence-corrected chi connectivity index (χ0v) is 31.6. The first-order valence-corrected chi connectivity index (χ1v) is 19.4. The van der Waals surface area contributed by atoms with Gasteiger partial charge in [0.25, 0.3) is 0 Å². The molecule has 0 saturated carbocycles. The highest BCUT2D eigenvalue weighted by atomic mass is 14.4. The van der Waals surface area contributed by atoms with Gasteiger partial charge in [-0.3, -0.25) is 0 Å². The fraction of sp³-hybridized carbons (Fsp3) is 0.0508. The molecule has 0 saturated heterocycles. The van der Waals surface area contributed by atoms with Crippen LogP contribution in [0.2, 0.25) is 0 Å². The minimum absolute atomic E-state index is 0.0230. The second-order valence-corrected chi connectivity index (χ2v) is 15.7. The fourth-order valence-corrected chi connectivity index (χ4v) is 9.51. The van der Waals surface area contributed by atoms with Crippen LogP contribution in [0.1, 0.15) is 49.6 Å². The third-order valence-electron chi connectivity index (χ3n) is 12.3. The van der Waals surface area contributed by atoms with E-state index in [1.807, 2.05) is 54.6 Å². The molecule has 0 atom stereocenters. The first-order valence-electron chi connectivity index (χ1n) is 28.4. The van der Waals surface area contributed by atoms with Crippen LogP contribution in [-0.4, -0.2) is 0 Å². The Hall–Kier alpha value is -7.28. The quantitative estimate of drug-likeness (QED) is 0.157. The average Bonchev–Trinajstić information content (AvgIpc) is 3.88. The summed E-state index contributed by atoms with van der Waals surface area (Å²) in [4.78, 5) is 0. The molecular weight excluding hydrogens is 709 g/mol. The molecule has 0 radical (unpaired) electrons. The maximum atomic E-state index is 10.1. The van der Waals surface area contributed by atoms with E-state index in [4.69, 9.17) is 11.0 Å². The van der Waals surface area contributed by atoms with Gasteiger partial charge in [0.1, 0.15) is 0 Å². The molecule has 0 heterocycles. The third-order valence-corrected chi connectivity index (χ3v) is 12.3. The van der Waals surface area contributed by atoms with E-state index in [0.29, 0.717) is 22.3 Å². The van der Waals surface area contributed by atoms with Gasteiger partial charge in [0.05, 0.1) is 24.7 Å². The summed E-state index contributed by atoms with van der Waals surface area (Å²) in [6.07, 6.45) is 0. The lowest BCUT2D eigenvalue weighted by molar-refractivity contribution is 0.660. The first kappa shape index (κ1) is 19.9. The SMILES string of the molecule is [2H]c1c([2H])c2c([2H])c([2H])c3c([2H])c([2H])c(-c4cc(-c5c([2H])c([2H])c6c([2H])c([2H])c7c([2H])c([2H])c([2H])c8c([2H])c([2H])c5c6c78)c(-c5ccc6c(c5)C(C)(C)c5ccccc5-6)cc4-c4ccccc4)c4c([2H])c([2H])c(c1[2H])c2c34. The number of fused-ring (bicyclic) bond motifs is 3. The Bertz CT molecular complexity index is 4690. The van der Waals surface area contributed by atoms with Gasteiger partial charge >= 0.3 is 0 Å². The van der Waals surface area contributed by atoms with Crippen molar-refractivity contribution in [3.63, 3.8) is 0 Å². The highest BCUT2D eigenvalue weighted by Crippen LogP contribution is 2.52. The van der Waals surface area contributed by atoms with Crippen LogP contribution in [0.15, 0.2) is 194 Å². The predicted octanol–water partition coefficient (Wildman–Crippen LogP) is 16.5. The van der Waals surface area contributed by atoms with Gasteiger partial charge in [-0.05, 0) is 150 Å². The van der Waals surface area contributed by atoms with E-state index in [0.717, 1.165) is 22.3 Å². The summed E-state index contributed by atoms with van der Waals surface area (Å²) in [6.45, 7) is 4.23. The molecule has 274 valence electrons. The Morgan fingerprint density at radius 3 is 1.37 bits per heavy atom. The molecule has 0 N–H and O–H groups in total. The minimum atomic E-state index is -0.610. The molecule has 0 aliphatic heterocycles. The smallest absolute Gasteiger partial charge is 0.0622 e. The molecule has 1 aliphatic rings. The Balaban J connectivity index is 1.28. The van der Waals surface area contributed by atoms with Gasteiger partial charge in [-0.1, -0.05) is 189 Å². The third kappa shape index (κ3) is 4.55. The maximum absolute atomic E-state index is 10.1. The van der Waals surface area contributed by atoms with E-state index in [1.54, 1.807) is 18.2 Å². The topological polar surface area (TPSA) is 0 Å². The van der Waals surface area contributed by atoms with Gasteiger partial charge in [0.15, 0.2) is 0 Å². The van der Waals surface area contributed by atoms with E-state index in [9.17, 15) is 13.7 Å². The molecule has 0 spiro atoms. The van der Waals surface area contributed by atoms with Crippen LogP contribution in [0.5, 0.6) is 0 Å². The predicted molar refractivity (Wildman–Crippen MR) is 253 cm³/mol. The van der Waals surface area contributed by atoms with Crippen molar-refractivity contribution >= 4 is 64.6 Å². The highest BCUT2D eigenvalue weighted by Gasteiger charge is 2.35. The molecule has 12 aromatic rings. The summed E-state index contributed by atoms with van der Waals surface area (Å²) >= 11 is 0. The Labute approximate surface area is 368 Å². The number of rotatable bonds is 4. The van der Waals surface area contributed by atoms with E-state index < -0.39 is 114 Å². The van der Waals surface area contributed by atoms with Gasteiger partial charge in [-0.2, -0.15) is 0 Å². The fourth-order valence-electron chi connectivity index (χ4n) is 9.51. The first-order chi connectivity index (χ1) is 36.5. The second kappa shape index (κ2) is 11.9. The Kier molecular flexibility index (Phi) is 4.01. The molecule has 0 aromatic heterocycles. The molecule has 0 bridgehead atoms. The standard InChI is InChI=1S/C59H38/c1-59(2)53-17-7-6-16-45(53)46-29-26-42(32-54(46)59)50-33-49(35-10-4-3-5-11-35)51(43-27-22-40-20-18-36-12-8-14-38-24-30-47(43)57(40)55(36)38)34-52(50)44-28-23-41-21-19-37-13-9-15-39-25-31-48(44)58(41)56(37)39/h3-34H,1-2H3/i8D,9D,12D,13D,14D,15D,18D,19D,20D,21D,22D,23D,24D,25D,27D,28D,30D,31D. The lowest BCUT2D eigenvalue weighted by atomic mass is 9.79. The van der Waals surface area contributed by atoms with Crippen LogP contribution in [0, 0.1) is 0 Å². The van der Waals surface area contributed by atoms with Crippen LogP contribution < -0.4 is 0 Å². The molecule has 0 fully saturated rings. The zero-order valence-electron chi connectivity index (χ0n) is 49.6. The van der Waals surface area contributed by atoms with E-state index >= 15 is 0 Å². The van der Waals surface area contributed by atoms with Crippen LogP contribution in [0.4, 0.5) is 0 Å². The summed E-state index contributed by atoms with van der Waals surface area (Å²) in [7, 11) is 0. The molecule has 13 rings (SSSR count). The molecule has 0 nitrogen and oxygen atoms in total. The van der Waals surface area contributed by atoms with Crippen molar-refractivity contribution in [2.45, 2.75) is 19.3 Å². The van der Waals surface area contributed by atoms with Crippen molar-refractivity contribution in [2.24, 2.45) is 0 Å². The van der Waals surface area contributed by atoms with Gasteiger partial charge in [0.2, 0.25) is 0 Å². The molecule has 59 heavy (non-hydrogen) atoms. The van der Waals surface area contributed by atoms with Crippen LogP contribution in [0.3, 0.4) is 0 Å². The summed E-state index contributed by atoms with van der Waals surface area (Å²) in [6, 6.07) is 16.7. The lowest BCUT2D eigenvalue weighted by Gasteiger charge is -2.24. The van der Waals surface area contributed by atoms with Crippen LogP contribution >= 0.6 is 0 Å². The summed E-state index contributed by atoms with van der Waals surface area (Å²) < 4.78 is 168. The van der Waals surface area contributed by atoms with Crippen LogP contribution in [-0.2, 0) is 5.41 Å². The number of hydrogen-bond acceptors (Lipinski definition) is 0. The number of hydrogen-bond donors (Lipinski definition) is 0. The Morgan fingerprint density at radius 2 is 0.780 bits per heavy atom. The van der Waals surface area contributed by atoms with Crippen molar-refractivity contribution in [3.8, 4) is 55.6 Å². The largest absolute Gasteiger partial charge is 0.0630 e. The van der Waals surface area contributed by atoms with E-state index in [2.05, 4.69) is 26.0 Å². The van der Waals surface area contributed by atoms with E-state index in [1.165, 1.54) is 0 Å². The van der Waals surface area contributed by atoms with Crippen molar-refractivity contribution in [3.05, 3.63) is 205 Å². The number of benzene rings is 12. The average molecular weight is 765 g/mol.